The van der Waals surface area contributed by atoms with Crippen LogP contribution in [0.1, 0.15) is 24.2 Å². The van der Waals surface area contributed by atoms with Crippen LogP contribution in [0.4, 0.5) is 11.4 Å². The van der Waals surface area contributed by atoms with E-state index in [0.29, 0.717) is 24.3 Å². The highest BCUT2D eigenvalue weighted by Crippen LogP contribution is 2.22. The molecule has 0 bridgehead atoms. The number of nitrogens with one attached hydrogen (secondary N) is 3. The number of carbonyl (C=O) groups excluding carboxylic acids is 3. The number of hydrogen-bond donors (Lipinski definition) is 3. The van der Waals surface area contributed by atoms with Gasteiger partial charge in [0.25, 0.3) is 5.91 Å². The van der Waals surface area contributed by atoms with Crippen molar-refractivity contribution in [2.75, 3.05) is 23.7 Å². The molecule has 6 nitrogen and oxygen atoms in total. The van der Waals surface area contributed by atoms with E-state index < -0.39 is 0 Å². The van der Waals surface area contributed by atoms with Crippen molar-refractivity contribution in [1.82, 2.24) is 5.32 Å². The summed E-state index contributed by atoms with van der Waals surface area (Å²) in [4.78, 5) is 35.7. The van der Waals surface area contributed by atoms with Gasteiger partial charge in [-0.05, 0) is 49.6 Å². The second-order valence-corrected chi connectivity index (χ2v) is 7.16. The molecular weight excluding hydrogens is 390 g/mol. The fourth-order valence-corrected chi connectivity index (χ4v) is 3.09. The summed E-state index contributed by atoms with van der Waals surface area (Å²) in [5, 5.41) is 11.1. The zero-order valence-corrected chi connectivity index (χ0v) is 17.6. The highest BCUT2D eigenvalue weighted by atomic mass is 16.2. The van der Waals surface area contributed by atoms with Crippen LogP contribution in [0.3, 0.4) is 0 Å². The summed E-state index contributed by atoms with van der Waals surface area (Å²) < 4.78 is 0. The molecule has 0 atom stereocenters. The lowest BCUT2D eigenvalue weighted by atomic mass is 10.1. The zero-order chi connectivity index (χ0) is 22.2. The van der Waals surface area contributed by atoms with E-state index in [0.717, 1.165) is 16.5 Å². The molecule has 31 heavy (non-hydrogen) atoms. The summed E-state index contributed by atoms with van der Waals surface area (Å²) in [7, 11) is 0. The van der Waals surface area contributed by atoms with Crippen molar-refractivity contribution in [3.05, 3.63) is 83.9 Å². The first-order valence-corrected chi connectivity index (χ1v) is 10.0. The lowest BCUT2D eigenvalue weighted by Crippen LogP contribution is -2.28. The Morgan fingerprint density at radius 3 is 2.29 bits per heavy atom. The van der Waals surface area contributed by atoms with E-state index >= 15 is 0 Å². The van der Waals surface area contributed by atoms with E-state index in [2.05, 4.69) is 34.1 Å². The normalized spacial score (nSPS) is 11.1. The van der Waals surface area contributed by atoms with Gasteiger partial charge in [0, 0.05) is 47.1 Å². The van der Waals surface area contributed by atoms with Crippen molar-refractivity contribution in [1.29, 1.82) is 0 Å². The van der Waals surface area contributed by atoms with Crippen molar-refractivity contribution in [3.63, 3.8) is 0 Å². The van der Waals surface area contributed by atoms with E-state index in [9.17, 15) is 14.4 Å². The first kappa shape index (κ1) is 21.8. The Hall–Kier alpha value is -3.93. The Kier molecular flexibility index (Phi) is 7.17. The summed E-state index contributed by atoms with van der Waals surface area (Å²) in [6.45, 7) is 4.03. The number of fused-ring (bicyclic) bond motifs is 1. The number of anilines is 2. The number of amides is 2. The molecule has 0 aliphatic rings. The van der Waals surface area contributed by atoms with E-state index in [4.69, 9.17) is 0 Å². The Morgan fingerprint density at radius 2 is 1.55 bits per heavy atom. The fraction of sp³-hybridized carbons (Fsp3) is 0.160. The molecule has 2 amide bonds. The van der Waals surface area contributed by atoms with Gasteiger partial charge in [-0.25, -0.2) is 0 Å². The second-order valence-electron chi connectivity index (χ2n) is 7.16. The van der Waals surface area contributed by atoms with E-state index in [-0.39, 0.29) is 23.2 Å². The lowest BCUT2D eigenvalue weighted by molar-refractivity contribution is -0.117. The first-order valence-electron chi connectivity index (χ1n) is 10.0. The Balaban J connectivity index is 1.47. The minimum atomic E-state index is -0.375. The van der Waals surface area contributed by atoms with Gasteiger partial charge in [-0.1, -0.05) is 36.4 Å². The average molecular weight is 415 g/mol. The van der Waals surface area contributed by atoms with Gasteiger partial charge >= 0.3 is 0 Å². The van der Waals surface area contributed by atoms with Gasteiger partial charge < -0.3 is 16.0 Å². The molecule has 0 aliphatic carbocycles. The molecular formula is C25H25N3O3. The third-order valence-electron chi connectivity index (χ3n) is 4.78. The van der Waals surface area contributed by atoms with Gasteiger partial charge in [0.05, 0.1) is 0 Å². The average Bonchev–Trinajstić information content (AvgIpc) is 2.77. The van der Waals surface area contributed by atoms with Crippen LogP contribution in [0.25, 0.3) is 10.8 Å². The summed E-state index contributed by atoms with van der Waals surface area (Å²) in [5.74, 6) is -0.750. The Bertz CT molecular complexity index is 1130. The van der Waals surface area contributed by atoms with Crippen LogP contribution in [-0.4, -0.2) is 30.7 Å². The molecule has 0 radical (unpaired) electrons. The maximum Gasteiger partial charge on any atom is 0.251 e. The van der Waals surface area contributed by atoms with Crippen LogP contribution >= 0.6 is 0 Å². The maximum absolute atomic E-state index is 12.3. The molecule has 158 valence electrons. The highest BCUT2D eigenvalue weighted by Gasteiger charge is 2.08. The van der Waals surface area contributed by atoms with Gasteiger partial charge in [-0.3, -0.25) is 14.4 Å². The van der Waals surface area contributed by atoms with Crippen molar-refractivity contribution in [3.8, 4) is 0 Å². The minimum Gasteiger partial charge on any atom is -0.383 e. The topological polar surface area (TPSA) is 87.3 Å². The molecule has 0 fully saturated rings. The van der Waals surface area contributed by atoms with Crippen molar-refractivity contribution < 1.29 is 14.4 Å². The van der Waals surface area contributed by atoms with E-state index in [1.54, 1.807) is 31.2 Å². The van der Waals surface area contributed by atoms with Crippen LogP contribution in [0.5, 0.6) is 0 Å². The van der Waals surface area contributed by atoms with Crippen molar-refractivity contribution >= 4 is 39.7 Å². The Labute approximate surface area is 181 Å². The number of rotatable bonds is 8. The summed E-state index contributed by atoms with van der Waals surface area (Å²) in [6, 6.07) is 20.7. The molecule has 0 unspecified atom stereocenters. The fourth-order valence-electron chi connectivity index (χ4n) is 3.09. The molecule has 0 aromatic heterocycles. The summed E-state index contributed by atoms with van der Waals surface area (Å²) in [5.41, 5.74) is 2.42. The summed E-state index contributed by atoms with van der Waals surface area (Å²) >= 11 is 0. The molecule has 0 aliphatic heterocycles. The van der Waals surface area contributed by atoms with Gasteiger partial charge in [0.2, 0.25) is 5.91 Å². The third kappa shape index (κ3) is 6.02. The van der Waals surface area contributed by atoms with Gasteiger partial charge in [-0.2, -0.15) is 0 Å². The predicted molar refractivity (Wildman–Crippen MR) is 124 cm³/mol. The quantitative estimate of drug-likeness (QED) is 0.293. The SMILES string of the molecule is CC(=O)c1ccc(NC(=O)/C(C)=C\C(=O)NCCNc2cccc3ccccc23)cc1. The van der Waals surface area contributed by atoms with Gasteiger partial charge in [-0.15, -0.1) is 0 Å². The molecule has 0 spiro atoms. The molecule has 3 N–H and O–H groups in total. The van der Waals surface area contributed by atoms with Crippen LogP contribution in [0.2, 0.25) is 0 Å². The smallest absolute Gasteiger partial charge is 0.251 e. The lowest BCUT2D eigenvalue weighted by Gasteiger charge is -2.10. The van der Waals surface area contributed by atoms with Crippen LogP contribution < -0.4 is 16.0 Å². The minimum absolute atomic E-state index is 0.0411. The molecule has 0 saturated carbocycles. The first-order chi connectivity index (χ1) is 14.9. The predicted octanol–water partition coefficient (Wildman–Crippen LogP) is 4.16. The third-order valence-corrected chi connectivity index (χ3v) is 4.78. The van der Waals surface area contributed by atoms with Crippen LogP contribution in [0, 0.1) is 0 Å². The molecule has 6 heteroatoms. The van der Waals surface area contributed by atoms with Crippen LogP contribution in [-0.2, 0) is 9.59 Å². The number of benzene rings is 3. The largest absolute Gasteiger partial charge is 0.383 e. The number of hydrogen-bond acceptors (Lipinski definition) is 4. The Morgan fingerprint density at radius 1 is 0.839 bits per heavy atom. The monoisotopic (exact) mass is 415 g/mol. The second kappa shape index (κ2) is 10.2. The number of ketones is 1. The van der Waals surface area contributed by atoms with E-state index in [1.165, 1.54) is 13.0 Å². The maximum atomic E-state index is 12.3. The van der Waals surface area contributed by atoms with Crippen molar-refractivity contribution in [2.24, 2.45) is 0 Å². The standard InChI is InChI=1S/C25H25N3O3/c1-17(25(31)28-21-12-10-19(11-13-21)18(2)29)16-24(30)27-15-14-26-23-9-5-7-20-6-3-4-8-22(20)23/h3-13,16,26H,14-15H2,1-2H3,(H,27,30)(H,28,31)/b17-16-. The van der Waals surface area contributed by atoms with Gasteiger partial charge in [0.15, 0.2) is 5.78 Å². The van der Waals surface area contributed by atoms with Crippen LogP contribution in [0.15, 0.2) is 78.4 Å². The molecule has 0 saturated heterocycles. The highest BCUT2D eigenvalue weighted by molar-refractivity contribution is 6.07. The van der Waals surface area contributed by atoms with E-state index in [1.807, 2.05) is 24.3 Å². The zero-order valence-electron chi connectivity index (χ0n) is 17.6. The molecule has 0 heterocycles. The number of carbonyl (C=O) groups is 3. The molecule has 3 aromatic rings. The molecule has 3 aromatic carbocycles. The molecule has 3 rings (SSSR count). The number of Topliss-reactive ketones (excluding diaryl/α,β-unsaturated/α-hetero) is 1. The summed E-state index contributed by atoms with van der Waals surface area (Å²) in [6.07, 6.45) is 1.27. The van der Waals surface area contributed by atoms with Gasteiger partial charge in [0.1, 0.15) is 0 Å². The van der Waals surface area contributed by atoms with Crippen molar-refractivity contribution in [2.45, 2.75) is 13.8 Å².